The van der Waals surface area contributed by atoms with E-state index in [0.29, 0.717) is 5.41 Å². The lowest BCUT2D eigenvalue weighted by Crippen LogP contribution is -2.59. The minimum atomic E-state index is 0.320. The summed E-state index contributed by atoms with van der Waals surface area (Å²) in [4.78, 5) is 0. The zero-order chi connectivity index (χ0) is 7.57. The Hall–Kier alpha value is -0.120. The number of rotatable bonds is 0. The summed E-state index contributed by atoms with van der Waals surface area (Å²) in [6.07, 6.45) is 1.05. The molecular weight excluding hydrogens is 142 g/mol. The van der Waals surface area contributed by atoms with Gasteiger partial charge >= 0.3 is 0 Å². The Labute approximate surface area is 67.1 Å². The molecule has 0 aromatic heterocycles. The van der Waals surface area contributed by atoms with Crippen molar-refractivity contribution in [3.05, 3.63) is 0 Å². The molecule has 2 aliphatic heterocycles. The van der Waals surface area contributed by atoms with E-state index in [2.05, 4.69) is 5.32 Å². The van der Waals surface area contributed by atoms with Gasteiger partial charge in [0.2, 0.25) is 0 Å². The first-order valence-electron chi connectivity index (χ1n) is 4.28. The van der Waals surface area contributed by atoms with Gasteiger partial charge in [0.1, 0.15) is 0 Å². The van der Waals surface area contributed by atoms with Gasteiger partial charge < -0.3 is 14.8 Å². The molecule has 1 N–H and O–H groups in total. The van der Waals surface area contributed by atoms with Crippen LogP contribution in [0.1, 0.15) is 6.42 Å². The van der Waals surface area contributed by atoms with Crippen LogP contribution in [0.15, 0.2) is 0 Å². The smallest absolute Gasteiger partial charge is 0.0569 e. The maximum absolute atomic E-state index is 5.51. The Morgan fingerprint density at radius 1 is 1.00 bits per heavy atom. The van der Waals surface area contributed by atoms with E-state index >= 15 is 0 Å². The fourth-order valence-electron chi connectivity index (χ4n) is 1.56. The van der Waals surface area contributed by atoms with Crippen molar-refractivity contribution < 1.29 is 9.47 Å². The van der Waals surface area contributed by atoms with Crippen LogP contribution in [0.5, 0.6) is 0 Å². The third-order valence-corrected chi connectivity index (χ3v) is 2.39. The summed E-state index contributed by atoms with van der Waals surface area (Å²) >= 11 is 0. The lowest BCUT2D eigenvalue weighted by molar-refractivity contribution is -0.0763. The minimum Gasteiger partial charge on any atom is -0.381 e. The van der Waals surface area contributed by atoms with Crippen molar-refractivity contribution in [3.63, 3.8) is 0 Å². The van der Waals surface area contributed by atoms with Gasteiger partial charge in [-0.1, -0.05) is 0 Å². The molecule has 2 saturated heterocycles. The van der Waals surface area contributed by atoms with Gasteiger partial charge in [-0.3, -0.25) is 0 Å². The van der Waals surface area contributed by atoms with Crippen molar-refractivity contribution in [3.8, 4) is 0 Å². The zero-order valence-corrected chi connectivity index (χ0v) is 6.77. The molecule has 11 heavy (non-hydrogen) atoms. The molecule has 0 bridgehead atoms. The molecule has 3 nitrogen and oxygen atoms in total. The summed E-state index contributed by atoms with van der Waals surface area (Å²) in [5.74, 6) is 0. The SMILES string of the molecule is C1COCC2(CNC2)COC1. The number of ether oxygens (including phenoxy) is 2. The van der Waals surface area contributed by atoms with Crippen LogP contribution in [-0.4, -0.2) is 39.5 Å². The predicted octanol–water partition coefficient (Wildman–Crippen LogP) is 0.0129. The van der Waals surface area contributed by atoms with Crippen LogP contribution in [0.2, 0.25) is 0 Å². The highest BCUT2D eigenvalue weighted by atomic mass is 16.5. The Kier molecular flexibility index (Phi) is 2.11. The first-order valence-corrected chi connectivity index (χ1v) is 4.28. The van der Waals surface area contributed by atoms with Crippen molar-refractivity contribution in [2.75, 3.05) is 39.5 Å². The normalized spacial score (nSPS) is 30.5. The second-order valence-electron chi connectivity index (χ2n) is 3.56. The van der Waals surface area contributed by atoms with Gasteiger partial charge in [0, 0.05) is 31.7 Å². The summed E-state index contributed by atoms with van der Waals surface area (Å²) < 4.78 is 11.0. The van der Waals surface area contributed by atoms with Gasteiger partial charge in [-0.25, -0.2) is 0 Å². The first-order chi connectivity index (χ1) is 5.41. The van der Waals surface area contributed by atoms with E-state index < -0.39 is 0 Å². The quantitative estimate of drug-likeness (QED) is 0.537. The Balaban J connectivity index is 1.86. The van der Waals surface area contributed by atoms with Crippen LogP contribution in [-0.2, 0) is 9.47 Å². The van der Waals surface area contributed by atoms with Crippen LogP contribution in [0.3, 0.4) is 0 Å². The highest BCUT2D eigenvalue weighted by Crippen LogP contribution is 2.24. The van der Waals surface area contributed by atoms with Crippen LogP contribution < -0.4 is 5.32 Å². The Morgan fingerprint density at radius 3 is 2.09 bits per heavy atom. The van der Waals surface area contributed by atoms with Crippen LogP contribution >= 0.6 is 0 Å². The standard InChI is InChI=1S/C8H15NO2/c1-2-10-6-8(4-9-5-8)7-11-3-1/h9H,1-7H2. The lowest BCUT2D eigenvalue weighted by Gasteiger charge is -2.42. The summed E-state index contributed by atoms with van der Waals surface area (Å²) in [6, 6.07) is 0. The molecule has 0 radical (unpaired) electrons. The molecule has 64 valence electrons. The maximum Gasteiger partial charge on any atom is 0.0569 e. The molecule has 0 aliphatic carbocycles. The van der Waals surface area contributed by atoms with E-state index in [-0.39, 0.29) is 0 Å². The topological polar surface area (TPSA) is 30.5 Å². The second-order valence-corrected chi connectivity index (χ2v) is 3.56. The molecule has 3 heteroatoms. The van der Waals surface area contributed by atoms with Gasteiger partial charge in [0.25, 0.3) is 0 Å². The largest absolute Gasteiger partial charge is 0.381 e. The molecule has 0 aromatic carbocycles. The first kappa shape index (κ1) is 7.53. The van der Waals surface area contributed by atoms with Crippen molar-refractivity contribution in [1.82, 2.24) is 5.32 Å². The molecule has 1 spiro atoms. The molecule has 0 unspecified atom stereocenters. The average Bonchev–Trinajstić information content (AvgIpc) is 1.82. The molecule has 0 aromatic rings. The number of nitrogens with one attached hydrogen (secondary N) is 1. The third-order valence-electron chi connectivity index (χ3n) is 2.39. The van der Waals surface area contributed by atoms with Gasteiger partial charge in [0.15, 0.2) is 0 Å². The highest BCUT2D eigenvalue weighted by Gasteiger charge is 2.37. The molecule has 0 atom stereocenters. The molecule has 2 rings (SSSR count). The minimum absolute atomic E-state index is 0.320. The van der Waals surface area contributed by atoms with Gasteiger partial charge in [-0.05, 0) is 6.42 Å². The van der Waals surface area contributed by atoms with Crippen LogP contribution in [0.25, 0.3) is 0 Å². The van der Waals surface area contributed by atoms with Gasteiger partial charge in [0.05, 0.1) is 13.2 Å². The molecule has 2 fully saturated rings. The monoisotopic (exact) mass is 157 g/mol. The maximum atomic E-state index is 5.51. The summed E-state index contributed by atoms with van der Waals surface area (Å²) in [6.45, 7) is 5.60. The van der Waals surface area contributed by atoms with E-state index in [1.54, 1.807) is 0 Å². The predicted molar refractivity (Wildman–Crippen MR) is 41.6 cm³/mol. The van der Waals surface area contributed by atoms with E-state index in [4.69, 9.17) is 9.47 Å². The second kappa shape index (κ2) is 3.09. The molecule has 0 amide bonds. The fourth-order valence-corrected chi connectivity index (χ4v) is 1.56. The van der Waals surface area contributed by atoms with Crippen LogP contribution in [0, 0.1) is 5.41 Å². The molecule has 0 saturated carbocycles. The van der Waals surface area contributed by atoms with E-state index in [1.165, 1.54) is 0 Å². The number of hydrogen-bond acceptors (Lipinski definition) is 3. The van der Waals surface area contributed by atoms with Gasteiger partial charge in [-0.2, -0.15) is 0 Å². The summed E-state index contributed by atoms with van der Waals surface area (Å²) in [5.41, 5.74) is 0.320. The van der Waals surface area contributed by atoms with E-state index in [0.717, 1.165) is 45.9 Å². The molecule has 2 heterocycles. The van der Waals surface area contributed by atoms with E-state index in [9.17, 15) is 0 Å². The van der Waals surface area contributed by atoms with Crippen molar-refractivity contribution in [1.29, 1.82) is 0 Å². The summed E-state index contributed by atoms with van der Waals surface area (Å²) in [5, 5.41) is 3.26. The number of hydrogen-bond donors (Lipinski definition) is 1. The van der Waals surface area contributed by atoms with Crippen LogP contribution in [0.4, 0.5) is 0 Å². The van der Waals surface area contributed by atoms with Crippen molar-refractivity contribution >= 4 is 0 Å². The van der Waals surface area contributed by atoms with Crippen molar-refractivity contribution in [2.24, 2.45) is 5.41 Å². The van der Waals surface area contributed by atoms with Crippen molar-refractivity contribution in [2.45, 2.75) is 6.42 Å². The van der Waals surface area contributed by atoms with E-state index in [1.807, 2.05) is 0 Å². The lowest BCUT2D eigenvalue weighted by atomic mass is 9.83. The van der Waals surface area contributed by atoms with Gasteiger partial charge in [-0.15, -0.1) is 0 Å². The molecule has 2 aliphatic rings. The average molecular weight is 157 g/mol. The third kappa shape index (κ3) is 1.55. The zero-order valence-electron chi connectivity index (χ0n) is 6.77. The fraction of sp³-hybridized carbons (Fsp3) is 1.00. The summed E-state index contributed by atoms with van der Waals surface area (Å²) in [7, 11) is 0. The Bertz CT molecular complexity index is 124. The highest BCUT2D eigenvalue weighted by molar-refractivity contribution is 4.92. The molecular formula is C8H15NO2. The Morgan fingerprint density at radius 2 is 1.64 bits per heavy atom.